The molecule has 1 aliphatic carbocycles. The van der Waals surface area contributed by atoms with E-state index in [4.69, 9.17) is 4.74 Å². The second-order valence-corrected chi connectivity index (χ2v) is 10.7. The van der Waals surface area contributed by atoms with Crippen LogP contribution in [0, 0.1) is 5.82 Å². The first kappa shape index (κ1) is 29.0. The summed E-state index contributed by atoms with van der Waals surface area (Å²) in [5.74, 6) is -3.81. The fourth-order valence-corrected chi connectivity index (χ4v) is 3.93. The van der Waals surface area contributed by atoms with Gasteiger partial charge in [-0.25, -0.2) is 12.8 Å². The summed E-state index contributed by atoms with van der Waals surface area (Å²) in [6.07, 6.45) is -2.53. The highest BCUT2D eigenvalue weighted by molar-refractivity contribution is 7.90. The van der Waals surface area contributed by atoms with E-state index in [-0.39, 0.29) is 16.7 Å². The van der Waals surface area contributed by atoms with Crippen LogP contribution in [0.15, 0.2) is 53.4 Å². The third-order valence-electron chi connectivity index (χ3n) is 5.45. The summed E-state index contributed by atoms with van der Waals surface area (Å²) in [7, 11) is -3.62. The zero-order chi connectivity index (χ0) is 28.1. The van der Waals surface area contributed by atoms with Crippen LogP contribution in [0.2, 0.25) is 0 Å². The lowest BCUT2D eigenvalue weighted by atomic mass is 10.0. The Balaban J connectivity index is 1.79. The maximum absolute atomic E-state index is 13.9. The number of carbonyl (C=O) groups excluding carboxylic acids is 3. The molecule has 2 amide bonds. The number of rotatable bonds is 12. The van der Waals surface area contributed by atoms with E-state index in [0.29, 0.717) is 0 Å². The van der Waals surface area contributed by atoms with E-state index >= 15 is 0 Å². The molecular formula is C24H25F4N3O6S. The Morgan fingerprint density at radius 3 is 2.32 bits per heavy atom. The predicted octanol–water partition coefficient (Wildman–Crippen LogP) is 1.83. The molecule has 2 aromatic carbocycles. The zero-order valence-electron chi connectivity index (χ0n) is 20.0. The van der Waals surface area contributed by atoms with Crippen molar-refractivity contribution in [2.45, 2.75) is 42.0 Å². The largest absolute Gasteiger partial charge is 0.491 e. The van der Waals surface area contributed by atoms with Crippen molar-refractivity contribution in [3.63, 3.8) is 0 Å². The van der Waals surface area contributed by atoms with Gasteiger partial charge in [-0.2, -0.15) is 13.2 Å². The Morgan fingerprint density at radius 1 is 1.08 bits per heavy atom. The van der Waals surface area contributed by atoms with E-state index in [9.17, 15) is 40.4 Å². The van der Waals surface area contributed by atoms with E-state index in [1.807, 2.05) is 0 Å². The van der Waals surface area contributed by atoms with Crippen molar-refractivity contribution in [1.82, 2.24) is 16.0 Å². The maximum Gasteiger partial charge on any atom is 0.407 e. The summed E-state index contributed by atoms with van der Waals surface area (Å²) in [4.78, 5) is 36.6. The zero-order valence-corrected chi connectivity index (χ0v) is 20.9. The van der Waals surface area contributed by atoms with Gasteiger partial charge in [0.05, 0.1) is 11.4 Å². The number of carbonyl (C=O) groups is 3. The molecule has 2 atom stereocenters. The van der Waals surface area contributed by atoms with Gasteiger partial charge in [0.15, 0.2) is 9.84 Å². The average Bonchev–Trinajstić information content (AvgIpc) is 3.66. The Kier molecular flexibility index (Phi) is 9.09. The van der Waals surface area contributed by atoms with E-state index in [0.717, 1.165) is 49.4 Å². The Bertz CT molecular complexity index is 1280. The number of hydrogen-bond acceptors (Lipinski definition) is 7. The lowest BCUT2D eigenvalue weighted by Crippen LogP contribution is -2.53. The fraction of sp³-hybridized carbons (Fsp3) is 0.375. The van der Waals surface area contributed by atoms with Crippen LogP contribution in [-0.2, 0) is 24.2 Å². The minimum absolute atomic E-state index is 0.0437. The second kappa shape index (κ2) is 11.9. The van der Waals surface area contributed by atoms with Gasteiger partial charge in [0.25, 0.3) is 5.91 Å². The number of amides is 2. The number of ketones is 1. The summed E-state index contributed by atoms with van der Waals surface area (Å²) in [6, 6.07) is 4.30. The molecule has 2 unspecified atom stereocenters. The molecule has 1 aliphatic rings. The van der Waals surface area contributed by atoms with Crippen LogP contribution < -0.4 is 20.7 Å². The summed E-state index contributed by atoms with van der Waals surface area (Å²) in [5, 5.41) is 6.70. The minimum atomic E-state index is -4.92. The van der Waals surface area contributed by atoms with Crippen molar-refractivity contribution in [3.8, 4) is 5.75 Å². The molecule has 206 valence electrons. The molecule has 2 aromatic rings. The topological polar surface area (TPSA) is 131 Å². The Hall–Kier alpha value is -3.52. The molecule has 38 heavy (non-hydrogen) atoms. The molecule has 14 heteroatoms. The third kappa shape index (κ3) is 8.52. The SMILES string of the molecule is CS(=O)(=O)c1cccc(OCC(NC(c2ccc(F)cc2)C(F)(F)F)C(=O)NCC(=O)C(=O)NC2CC2)c1. The number of nitrogens with one attached hydrogen (secondary N) is 3. The number of benzene rings is 2. The van der Waals surface area contributed by atoms with Crippen LogP contribution in [0.25, 0.3) is 0 Å². The average molecular weight is 560 g/mol. The molecule has 9 nitrogen and oxygen atoms in total. The number of ether oxygens (including phenoxy) is 1. The predicted molar refractivity (Wildman–Crippen MR) is 126 cm³/mol. The van der Waals surface area contributed by atoms with Crippen molar-refractivity contribution in [3.05, 3.63) is 59.9 Å². The monoisotopic (exact) mass is 559 g/mol. The van der Waals surface area contributed by atoms with Crippen molar-refractivity contribution in [2.24, 2.45) is 0 Å². The Morgan fingerprint density at radius 2 is 1.74 bits per heavy atom. The van der Waals surface area contributed by atoms with Gasteiger partial charge in [-0.05, 0) is 48.7 Å². The summed E-state index contributed by atoms with van der Waals surface area (Å²) >= 11 is 0. The van der Waals surface area contributed by atoms with Gasteiger partial charge in [0.2, 0.25) is 11.7 Å². The van der Waals surface area contributed by atoms with Crippen molar-refractivity contribution >= 4 is 27.4 Å². The van der Waals surface area contributed by atoms with Gasteiger partial charge in [0.1, 0.15) is 30.3 Å². The lowest BCUT2D eigenvalue weighted by molar-refractivity contribution is -0.161. The standard InChI is InChI=1S/C24H25F4N3O6S/c1-38(35,36)18-4-2-3-17(11-18)37-13-19(22(33)29-12-20(32)23(34)30-16-9-10-16)31-21(24(26,27)28)14-5-7-15(25)8-6-14/h2-8,11,16,19,21,31H,9-10,12-13H2,1H3,(H,29,33)(H,30,34). The highest BCUT2D eigenvalue weighted by Crippen LogP contribution is 2.33. The third-order valence-corrected chi connectivity index (χ3v) is 6.56. The van der Waals surface area contributed by atoms with Crippen LogP contribution in [0.1, 0.15) is 24.4 Å². The summed E-state index contributed by atoms with van der Waals surface area (Å²) < 4.78 is 84.1. The summed E-state index contributed by atoms with van der Waals surface area (Å²) in [5.41, 5.74) is -0.393. The number of halogens is 4. The van der Waals surface area contributed by atoms with Crippen LogP contribution >= 0.6 is 0 Å². The van der Waals surface area contributed by atoms with Gasteiger partial charge >= 0.3 is 6.18 Å². The highest BCUT2D eigenvalue weighted by atomic mass is 32.2. The molecule has 0 radical (unpaired) electrons. The molecule has 3 N–H and O–H groups in total. The van der Waals surface area contributed by atoms with Crippen molar-refractivity contribution in [2.75, 3.05) is 19.4 Å². The molecule has 0 saturated heterocycles. The van der Waals surface area contributed by atoms with Gasteiger partial charge in [-0.1, -0.05) is 18.2 Å². The van der Waals surface area contributed by atoms with Crippen molar-refractivity contribution in [1.29, 1.82) is 0 Å². The minimum Gasteiger partial charge on any atom is -0.491 e. The molecule has 0 heterocycles. The van der Waals surface area contributed by atoms with Gasteiger partial charge < -0.3 is 15.4 Å². The molecule has 0 aromatic heterocycles. The van der Waals surface area contributed by atoms with Gasteiger partial charge in [-0.3, -0.25) is 19.7 Å². The summed E-state index contributed by atoms with van der Waals surface area (Å²) in [6.45, 7) is -1.48. The fourth-order valence-electron chi connectivity index (χ4n) is 3.27. The van der Waals surface area contributed by atoms with Crippen LogP contribution in [0.4, 0.5) is 17.6 Å². The quantitative estimate of drug-likeness (QED) is 0.267. The van der Waals surface area contributed by atoms with E-state index in [1.165, 1.54) is 18.2 Å². The van der Waals surface area contributed by atoms with Gasteiger partial charge in [-0.15, -0.1) is 0 Å². The molecule has 0 aliphatic heterocycles. The van der Waals surface area contributed by atoms with E-state index in [2.05, 4.69) is 16.0 Å². The first-order chi connectivity index (χ1) is 17.7. The Labute approximate surface area is 215 Å². The van der Waals surface area contributed by atoms with E-state index in [1.54, 1.807) is 0 Å². The highest BCUT2D eigenvalue weighted by Gasteiger charge is 2.43. The smallest absolute Gasteiger partial charge is 0.407 e. The number of sulfone groups is 1. The molecule has 3 rings (SSSR count). The number of alkyl halides is 3. The lowest BCUT2D eigenvalue weighted by Gasteiger charge is -2.27. The van der Waals surface area contributed by atoms with Crippen LogP contribution in [-0.4, -0.2) is 63.7 Å². The molecule has 1 fully saturated rings. The van der Waals surface area contributed by atoms with Crippen LogP contribution in [0.5, 0.6) is 5.75 Å². The number of Topliss-reactive ketones (excluding diaryl/α,β-unsaturated/α-hetero) is 1. The van der Waals surface area contributed by atoms with E-state index < -0.39 is 70.2 Å². The molecular weight excluding hydrogens is 534 g/mol. The maximum atomic E-state index is 13.9. The molecule has 0 bridgehead atoms. The normalized spacial score (nSPS) is 15.3. The second-order valence-electron chi connectivity index (χ2n) is 8.69. The van der Waals surface area contributed by atoms with Crippen molar-refractivity contribution < 1.29 is 45.1 Å². The number of hydrogen-bond donors (Lipinski definition) is 3. The molecule has 0 spiro atoms. The van der Waals surface area contributed by atoms with Crippen LogP contribution in [0.3, 0.4) is 0 Å². The first-order valence-corrected chi connectivity index (χ1v) is 13.3. The molecule has 1 saturated carbocycles. The van der Waals surface area contributed by atoms with Gasteiger partial charge in [0, 0.05) is 12.3 Å². The first-order valence-electron chi connectivity index (χ1n) is 11.4.